The maximum atomic E-state index is 12.3. The summed E-state index contributed by atoms with van der Waals surface area (Å²) in [4.78, 5) is 12.3. The predicted molar refractivity (Wildman–Crippen MR) is 98.6 cm³/mol. The number of hydrogen-bond donors (Lipinski definition) is 1. The van der Waals surface area contributed by atoms with Crippen LogP contribution in [-0.4, -0.2) is 18.1 Å². The average molecular weight is 346 g/mol. The molecule has 0 aliphatic carbocycles. The van der Waals surface area contributed by atoms with E-state index in [2.05, 4.69) is 17.4 Å². The number of rotatable bonds is 7. The maximum Gasteiger partial charge on any atom is 0.260 e. The molecule has 0 fully saturated rings. The van der Waals surface area contributed by atoms with Gasteiger partial charge >= 0.3 is 0 Å². The molecule has 0 saturated carbocycles. The van der Waals surface area contributed by atoms with E-state index in [-0.39, 0.29) is 11.9 Å². The van der Waals surface area contributed by atoms with Crippen LogP contribution in [0, 0.1) is 6.92 Å². The Labute approximate surface area is 149 Å². The molecular formula is C20H24ClNO2. The molecule has 0 spiro atoms. The number of nitrogens with one attached hydrogen (secondary N) is 1. The average Bonchev–Trinajstić information content (AvgIpc) is 2.56. The van der Waals surface area contributed by atoms with E-state index in [1.807, 2.05) is 38.1 Å². The number of benzene rings is 2. The number of carbonyl (C=O) groups excluding carboxylic acids is 1. The van der Waals surface area contributed by atoms with E-state index in [1.165, 1.54) is 5.56 Å². The molecule has 3 nitrogen and oxygen atoms in total. The summed E-state index contributed by atoms with van der Waals surface area (Å²) in [6.45, 7) is 5.68. The molecule has 0 aromatic heterocycles. The van der Waals surface area contributed by atoms with E-state index in [1.54, 1.807) is 19.1 Å². The Balaban J connectivity index is 1.82. The van der Waals surface area contributed by atoms with Gasteiger partial charge in [-0.05, 0) is 62.9 Å². The Morgan fingerprint density at radius 3 is 2.54 bits per heavy atom. The van der Waals surface area contributed by atoms with Crippen LogP contribution in [0.5, 0.6) is 5.75 Å². The van der Waals surface area contributed by atoms with Gasteiger partial charge in [-0.2, -0.15) is 0 Å². The van der Waals surface area contributed by atoms with E-state index in [0.29, 0.717) is 10.8 Å². The maximum absolute atomic E-state index is 12.3. The Hall–Kier alpha value is -2.00. The third-order valence-corrected chi connectivity index (χ3v) is 4.14. The summed E-state index contributed by atoms with van der Waals surface area (Å²) < 4.78 is 5.75. The highest BCUT2D eigenvalue weighted by atomic mass is 35.5. The molecule has 0 aliphatic rings. The molecule has 2 atom stereocenters. The van der Waals surface area contributed by atoms with E-state index in [9.17, 15) is 4.79 Å². The first-order valence-corrected chi connectivity index (χ1v) is 8.60. The fourth-order valence-corrected chi connectivity index (χ4v) is 2.68. The van der Waals surface area contributed by atoms with Gasteiger partial charge in [-0.3, -0.25) is 4.79 Å². The second kappa shape index (κ2) is 8.74. The van der Waals surface area contributed by atoms with Crippen LogP contribution >= 0.6 is 11.6 Å². The van der Waals surface area contributed by atoms with Crippen LogP contribution in [0.25, 0.3) is 0 Å². The summed E-state index contributed by atoms with van der Waals surface area (Å²) >= 11 is 5.94. The Morgan fingerprint density at radius 2 is 1.88 bits per heavy atom. The summed E-state index contributed by atoms with van der Waals surface area (Å²) in [6, 6.07) is 15.7. The molecule has 0 radical (unpaired) electrons. The lowest BCUT2D eigenvalue weighted by molar-refractivity contribution is -0.127. The van der Waals surface area contributed by atoms with Crippen molar-refractivity contribution in [1.82, 2.24) is 5.32 Å². The van der Waals surface area contributed by atoms with Crippen LogP contribution in [0.15, 0.2) is 48.5 Å². The lowest BCUT2D eigenvalue weighted by Crippen LogP contribution is -2.41. The molecule has 128 valence electrons. The van der Waals surface area contributed by atoms with Crippen molar-refractivity contribution >= 4 is 17.5 Å². The normalized spacial score (nSPS) is 13.2. The van der Waals surface area contributed by atoms with Gasteiger partial charge in [-0.1, -0.05) is 41.9 Å². The number of ether oxygens (including phenoxy) is 1. The van der Waals surface area contributed by atoms with Gasteiger partial charge in [0, 0.05) is 11.1 Å². The fraction of sp³-hybridized carbons (Fsp3) is 0.350. The molecule has 0 heterocycles. The summed E-state index contributed by atoms with van der Waals surface area (Å²) in [5.41, 5.74) is 2.19. The van der Waals surface area contributed by atoms with Gasteiger partial charge in [0.25, 0.3) is 5.91 Å². The summed E-state index contributed by atoms with van der Waals surface area (Å²) in [5, 5.41) is 3.67. The number of halogens is 1. The minimum atomic E-state index is -0.552. The van der Waals surface area contributed by atoms with E-state index in [0.717, 1.165) is 18.4 Å². The van der Waals surface area contributed by atoms with Gasteiger partial charge in [0.2, 0.25) is 0 Å². The van der Waals surface area contributed by atoms with Gasteiger partial charge in [-0.25, -0.2) is 0 Å². The predicted octanol–water partition coefficient (Wildman–Crippen LogP) is 4.55. The molecule has 24 heavy (non-hydrogen) atoms. The van der Waals surface area contributed by atoms with Crippen molar-refractivity contribution in [1.29, 1.82) is 0 Å². The van der Waals surface area contributed by atoms with Gasteiger partial charge in [0.15, 0.2) is 6.10 Å². The highest BCUT2D eigenvalue weighted by molar-refractivity contribution is 6.30. The number of aryl methyl sites for hydroxylation is 2. The van der Waals surface area contributed by atoms with Crippen LogP contribution in [0.4, 0.5) is 0 Å². The lowest BCUT2D eigenvalue weighted by Gasteiger charge is -2.19. The van der Waals surface area contributed by atoms with Crippen LogP contribution < -0.4 is 10.1 Å². The van der Waals surface area contributed by atoms with Gasteiger partial charge in [0.05, 0.1) is 0 Å². The largest absolute Gasteiger partial charge is 0.481 e. The third-order valence-electron chi connectivity index (χ3n) is 3.91. The van der Waals surface area contributed by atoms with Crippen molar-refractivity contribution in [3.05, 3.63) is 64.7 Å². The van der Waals surface area contributed by atoms with Crippen LogP contribution in [-0.2, 0) is 11.2 Å². The van der Waals surface area contributed by atoms with Gasteiger partial charge < -0.3 is 10.1 Å². The Morgan fingerprint density at radius 1 is 1.17 bits per heavy atom. The Kier molecular flexibility index (Phi) is 6.68. The monoisotopic (exact) mass is 345 g/mol. The standard InChI is InChI=1S/C20H24ClNO2/c1-14-13-18(21)11-12-19(14)24-16(3)20(23)22-15(2)9-10-17-7-5-4-6-8-17/h4-8,11-13,15-16H,9-10H2,1-3H3,(H,22,23)/t15-,16-/m0/s1. The smallest absolute Gasteiger partial charge is 0.260 e. The summed E-state index contributed by atoms with van der Waals surface area (Å²) in [5.74, 6) is 0.573. The van der Waals surface area contributed by atoms with Crippen molar-refractivity contribution in [3.63, 3.8) is 0 Å². The van der Waals surface area contributed by atoms with Crippen molar-refractivity contribution in [3.8, 4) is 5.75 Å². The number of carbonyl (C=O) groups is 1. The second-order valence-corrected chi connectivity index (χ2v) is 6.54. The minimum absolute atomic E-state index is 0.0927. The molecule has 0 saturated heterocycles. The molecule has 1 N–H and O–H groups in total. The van der Waals surface area contributed by atoms with E-state index < -0.39 is 6.10 Å². The van der Waals surface area contributed by atoms with Gasteiger partial charge in [0.1, 0.15) is 5.75 Å². The first-order valence-electron chi connectivity index (χ1n) is 8.23. The molecular weight excluding hydrogens is 322 g/mol. The molecule has 2 rings (SSSR count). The lowest BCUT2D eigenvalue weighted by atomic mass is 10.1. The van der Waals surface area contributed by atoms with Crippen LogP contribution in [0.1, 0.15) is 31.4 Å². The Bertz CT molecular complexity index is 673. The number of amides is 1. The zero-order valence-electron chi connectivity index (χ0n) is 14.4. The van der Waals surface area contributed by atoms with Crippen LogP contribution in [0.2, 0.25) is 5.02 Å². The van der Waals surface area contributed by atoms with E-state index in [4.69, 9.17) is 16.3 Å². The van der Waals surface area contributed by atoms with Gasteiger partial charge in [-0.15, -0.1) is 0 Å². The zero-order chi connectivity index (χ0) is 17.5. The minimum Gasteiger partial charge on any atom is -0.481 e. The summed E-state index contributed by atoms with van der Waals surface area (Å²) in [6.07, 6.45) is 1.28. The highest BCUT2D eigenvalue weighted by Crippen LogP contribution is 2.22. The highest BCUT2D eigenvalue weighted by Gasteiger charge is 2.17. The summed E-state index contributed by atoms with van der Waals surface area (Å²) in [7, 11) is 0. The molecule has 4 heteroatoms. The first-order chi connectivity index (χ1) is 11.5. The fourth-order valence-electron chi connectivity index (χ4n) is 2.45. The van der Waals surface area contributed by atoms with Crippen molar-refractivity contribution in [2.45, 2.75) is 45.8 Å². The third kappa shape index (κ3) is 5.57. The molecule has 1 amide bonds. The number of hydrogen-bond acceptors (Lipinski definition) is 2. The van der Waals surface area contributed by atoms with Crippen molar-refractivity contribution in [2.24, 2.45) is 0 Å². The van der Waals surface area contributed by atoms with Crippen molar-refractivity contribution in [2.75, 3.05) is 0 Å². The van der Waals surface area contributed by atoms with Crippen LogP contribution in [0.3, 0.4) is 0 Å². The quantitative estimate of drug-likeness (QED) is 0.799. The van der Waals surface area contributed by atoms with Crippen molar-refractivity contribution < 1.29 is 9.53 Å². The molecule has 2 aromatic carbocycles. The molecule has 2 aromatic rings. The SMILES string of the molecule is Cc1cc(Cl)ccc1O[C@@H](C)C(=O)N[C@@H](C)CCc1ccccc1. The molecule has 0 unspecified atom stereocenters. The molecule has 0 aliphatic heterocycles. The second-order valence-electron chi connectivity index (χ2n) is 6.10. The first kappa shape index (κ1) is 18.3. The molecule has 0 bridgehead atoms. The topological polar surface area (TPSA) is 38.3 Å². The van der Waals surface area contributed by atoms with E-state index >= 15 is 0 Å². The zero-order valence-corrected chi connectivity index (χ0v) is 15.1.